The topological polar surface area (TPSA) is 89.6 Å². The van der Waals surface area contributed by atoms with E-state index in [1.807, 2.05) is 54.8 Å². The molecule has 31 heavy (non-hydrogen) atoms. The molecule has 1 aliphatic rings. The van der Waals surface area contributed by atoms with Crippen LogP contribution in [0.4, 0.5) is 10.8 Å². The fourth-order valence-corrected chi connectivity index (χ4v) is 4.24. The highest BCUT2D eigenvalue weighted by molar-refractivity contribution is 8.01. The van der Waals surface area contributed by atoms with E-state index in [-0.39, 0.29) is 24.4 Å². The maximum atomic E-state index is 12.5. The van der Waals surface area contributed by atoms with Crippen LogP contribution >= 0.6 is 23.1 Å². The molecule has 2 N–H and O–H groups in total. The first-order chi connectivity index (χ1) is 15.0. The third kappa shape index (κ3) is 5.36. The van der Waals surface area contributed by atoms with E-state index in [1.165, 1.54) is 23.1 Å². The summed E-state index contributed by atoms with van der Waals surface area (Å²) in [5.41, 5.74) is 3.50. The normalized spacial score (nSPS) is 13.0. The Bertz CT molecular complexity index is 1100. The third-order valence-corrected chi connectivity index (χ3v) is 6.47. The number of carbonyl (C=O) groups is 2. The minimum atomic E-state index is -0.401. The monoisotopic (exact) mass is 455 g/mol. The Morgan fingerprint density at radius 1 is 1.13 bits per heavy atom. The quantitative estimate of drug-likeness (QED) is 0.543. The number of thiazole rings is 1. The summed E-state index contributed by atoms with van der Waals surface area (Å²) in [7, 11) is 0. The Balaban J connectivity index is 1.28. The van der Waals surface area contributed by atoms with Gasteiger partial charge in [-0.2, -0.15) is 0 Å². The number of aryl methyl sites for hydroxylation is 1. The molecule has 2 aromatic carbocycles. The van der Waals surface area contributed by atoms with Crippen molar-refractivity contribution in [2.24, 2.45) is 0 Å². The summed E-state index contributed by atoms with van der Waals surface area (Å²) in [6, 6.07) is 13.2. The minimum absolute atomic E-state index is 0.146. The van der Waals surface area contributed by atoms with Crippen LogP contribution in [0, 0.1) is 6.92 Å². The molecule has 2 amide bonds. The molecule has 1 atom stereocenters. The van der Waals surface area contributed by atoms with E-state index in [9.17, 15) is 9.59 Å². The molecule has 0 aliphatic carbocycles. The van der Waals surface area contributed by atoms with Gasteiger partial charge < -0.3 is 20.1 Å². The van der Waals surface area contributed by atoms with Gasteiger partial charge in [0.05, 0.1) is 16.7 Å². The van der Waals surface area contributed by atoms with Gasteiger partial charge >= 0.3 is 0 Å². The SMILES string of the molecule is Cc1ccc(NC(=O)CSC(C)C(=O)Nc2nc(-c3ccc4c(c3)OCO4)cs2)cc1. The van der Waals surface area contributed by atoms with Crippen LogP contribution < -0.4 is 20.1 Å². The lowest BCUT2D eigenvalue weighted by atomic mass is 10.1. The first-order valence-electron chi connectivity index (χ1n) is 9.62. The molecular formula is C22H21N3O4S2. The van der Waals surface area contributed by atoms with E-state index >= 15 is 0 Å². The molecule has 4 rings (SSSR count). The van der Waals surface area contributed by atoms with Gasteiger partial charge in [-0.1, -0.05) is 17.7 Å². The van der Waals surface area contributed by atoms with Crippen molar-refractivity contribution in [2.75, 3.05) is 23.2 Å². The molecule has 0 radical (unpaired) electrons. The van der Waals surface area contributed by atoms with Crippen molar-refractivity contribution in [2.45, 2.75) is 19.1 Å². The van der Waals surface area contributed by atoms with Gasteiger partial charge in [-0.25, -0.2) is 4.98 Å². The van der Waals surface area contributed by atoms with E-state index in [0.29, 0.717) is 16.6 Å². The Morgan fingerprint density at radius 3 is 2.71 bits per heavy atom. The van der Waals surface area contributed by atoms with E-state index in [4.69, 9.17) is 9.47 Å². The summed E-state index contributed by atoms with van der Waals surface area (Å²) in [4.78, 5) is 29.1. The summed E-state index contributed by atoms with van der Waals surface area (Å²) >= 11 is 2.62. The van der Waals surface area contributed by atoms with Gasteiger partial charge in [0, 0.05) is 16.6 Å². The van der Waals surface area contributed by atoms with Gasteiger partial charge in [0.15, 0.2) is 16.6 Å². The minimum Gasteiger partial charge on any atom is -0.454 e. The molecule has 1 aromatic heterocycles. The maximum Gasteiger partial charge on any atom is 0.239 e. The number of aromatic nitrogens is 1. The molecule has 9 heteroatoms. The second-order valence-corrected chi connectivity index (χ2v) is 9.15. The molecule has 0 saturated heterocycles. The van der Waals surface area contributed by atoms with Gasteiger partial charge in [-0.15, -0.1) is 23.1 Å². The molecular weight excluding hydrogens is 434 g/mol. The molecule has 0 spiro atoms. The van der Waals surface area contributed by atoms with Gasteiger partial charge in [-0.3, -0.25) is 9.59 Å². The predicted octanol–water partition coefficient (Wildman–Crippen LogP) is 4.55. The number of amides is 2. The summed E-state index contributed by atoms with van der Waals surface area (Å²) in [5, 5.41) is 7.64. The lowest BCUT2D eigenvalue weighted by molar-refractivity contribution is -0.115. The first kappa shape index (κ1) is 21.2. The van der Waals surface area contributed by atoms with Crippen molar-refractivity contribution < 1.29 is 19.1 Å². The van der Waals surface area contributed by atoms with Gasteiger partial charge in [-0.05, 0) is 44.2 Å². The smallest absolute Gasteiger partial charge is 0.239 e. The number of rotatable bonds is 7. The number of benzene rings is 2. The lowest BCUT2D eigenvalue weighted by Crippen LogP contribution is -2.25. The highest BCUT2D eigenvalue weighted by Crippen LogP contribution is 2.36. The highest BCUT2D eigenvalue weighted by atomic mass is 32.2. The number of thioether (sulfide) groups is 1. The number of nitrogens with one attached hydrogen (secondary N) is 2. The van der Waals surface area contributed by atoms with E-state index in [0.717, 1.165) is 22.5 Å². The molecule has 1 unspecified atom stereocenters. The van der Waals surface area contributed by atoms with Gasteiger partial charge in [0.2, 0.25) is 18.6 Å². The molecule has 3 aromatic rings. The molecule has 0 bridgehead atoms. The summed E-state index contributed by atoms with van der Waals surface area (Å²) < 4.78 is 10.7. The van der Waals surface area contributed by atoms with Crippen LogP contribution in [0.3, 0.4) is 0 Å². The summed E-state index contributed by atoms with van der Waals surface area (Å²) in [6.07, 6.45) is 0. The Hall–Kier alpha value is -3.04. The Morgan fingerprint density at radius 2 is 1.90 bits per heavy atom. The zero-order chi connectivity index (χ0) is 21.8. The number of anilines is 2. The fourth-order valence-electron chi connectivity index (χ4n) is 2.84. The fraction of sp³-hybridized carbons (Fsp3) is 0.227. The van der Waals surface area contributed by atoms with Crippen molar-refractivity contribution in [1.82, 2.24) is 4.98 Å². The van der Waals surface area contributed by atoms with E-state index in [2.05, 4.69) is 15.6 Å². The zero-order valence-corrected chi connectivity index (χ0v) is 18.6. The largest absolute Gasteiger partial charge is 0.454 e. The van der Waals surface area contributed by atoms with E-state index < -0.39 is 5.25 Å². The molecule has 2 heterocycles. The number of fused-ring (bicyclic) bond motifs is 1. The van der Waals surface area contributed by atoms with Crippen molar-refractivity contribution in [3.8, 4) is 22.8 Å². The predicted molar refractivity (Wildman–Crippen MR) is 124 cm³/mol. The number of ether oxygens (including phenoxy) is 2. The highest BCUT2D eigenvalue weighted by Gasteiger charge is 2.18. The van der Waals surface area contributed by atoms with Crippen molar-refractivity contribution in [3.05, 3.63) is 53.4 Å². The molecule has 0 fully saturated rings. The number of hydrogen-bond donors (Lipinski definition) is 2. The zero-order valence-electron chi connectivity index (χ0n) is 17.0. The van der Waals surface area contributed by atoms with Crippen LogP contribution in [-0.4, -0.2) is 34.6 Å². The average molecular weight is 456 g/mol. The van der Waals surface area contributed by atoms with Crippen molar-refractivity contribution >= 4 is 45.7 Å². The number of hydrogen-bond acceptors (Lipinski definition) is 7. The van der Waals surface area contributed by atoms with E-state index in [1.54, 1.807) is 6.92 Å². The van der Waals surface area contributed by atoms with Crippen LogP contribution in [0.5, 0.6) is 11.5 Å². The molecule has 1 aliphatic heterocycles. The number of carbonyl (C=O) groups excluding carboxylic acids is 2. The van der Waals surface area contributed by atoms with Crippen molar-refractivity contribution in [3.63, 3.8) is 0 Å². The summed E-state index contributed by atoms with van der Waals surface area (Å²) in [5.74, 6) is 1.24. The first-order valence-corrected chi connectivity index (χ1v) is 11.6. The van der Waals surface area contributed by atoms with Crippen LogP contribution in [0.25, 0.3) is 11.3 Å². The molecule has 0 saturated carbocycles. The third-order valence-electron chi connectivity index (χ3n) is 4.57. The average Bonchev–Trinajstić information content (AvgIpc) is 3.42. The molecule has 7 nitrogen and oxygen atoms in total. The maximum absolute atomic E-state index is 12.5. The number of nitrogens with zero attached hydrogens (tertiary/aromatic N) is 1. The second-order valence-electron chi connectivity index (χ2n) is 6.96. The van der Waals surface area contributed by atoms with Crippen LogP contribution in [-0.2, 0) is 9.59 Å². The van der Waals surface area contributed by atoms with Crippen LogP contribution in [0.2, 0.25) is 0 Å². The lowest BCUT2D eigenvalue weighted by Gasteiger charge is -2.11. The summed E-state index contributed by atoms with van der Waals surface area (Å²) in [6.45, 7) is 3.98. The Labute approximate surface area is 188 Å². The van der Waals surface area contributed by atoms with Gasteiger partial charge in [0.1, 0.15) is 0 Å². The Kier molecular flexibility index (Phi) is 6.43. The van der Waals surface area contributed by atoms with Gasteiger partial charge in [0.25, 0.3) is 0 Å². The standard InChI is InChI=1S/C22H21N3O4S2/c1-13-3-6-16(7-4-13)23-20(26)11-30-14(2)21(27)25-22-24-17(10-31-22)15-5-8-18-19(9-15)29-12-28-18/h3-10,14H,11-12H2,1-2H3,(H,23,26)(H,24,25,27). The second kappa shape index (κ2) is 9.40. The van der Waals surface area contributed by atoms with Crippen molar-refractivity contribution in [1.29, 1.82) is 0 Å². The van der Waals surface area contributed by atoms with Crippen LogP contribution in [0.15, 0.2) is 47.8 Å². The molecule has 160 valence electrons. The van der Waals surface area contributed by atoms with Crippen LogP contribution in [0.1, 0.15) is 12.5 Å².